The summed E-state index contributed by atoms with van der Waals surface area (Å²) in [6.45, 7) is 1.38. The van der Waals surface area contributed by atoms with Crippen LogP contribution in [-0.4, -0.2) is 15.5 Å². The van der Waals surface area contributed by atoms with Crippen LogP contribution in [0, 0.1) is 0 Å². The Bertz CT molecular complexity index is 488. The van der Waals surface area contributed by atoms with Gasteiger partial charge in [0.25, 0.3) is 0 Å². The molecule has 2 aromatic rings. The van der Waals surface area contributed by atoms with Gasteiger partial charge < -0.3 is 9.30 Å². The van der Waals surface area contributed by atoms with Gasteiger partial charge in [-0.05, 0) is 12.1 Å². The van der Waals surface area contributed by atoms with E-state index in [1.54, 1.807) is 18.5 Å². The maximum absolute atomic E-state index is 10.7. The molecule has 0 bridgehead atoms. The zero-order valence-electron chi connectivity index (χ0n) is 8.02. The van der Waals surface area contributed by atoms with Crippen LogP contribution in [0.3, 0.4) is 0 Å². The number of fused-ring (bicyclic) bond motifs is 1. The highest BCUT2D eigenvalue weighted by Crippen LogP contribution is 2.19. The smallest absolute Gasteiger partial charge is 0.308 e. The maximum Gasteiger partial charge on any atom is 0.308 e. The molecule has 0 saturated heterocycles. The molecule has 0 fully saturated rings. The average Bonchev–Trinajstić information content (AvgIpc) is 2.46. The summed E-state index contributed by atoms with van der Waals surface area (Å²) in [5.74, 6) is 0.212. The van der Waals surface area contributed by atoms with Gasteiger partial charge >= 0.3 is 5.97 Å². The summed E-state index contributed by atoms with van der Waals surface area (Å²) in [5, 5.41) is 0. The number of hydrogen-bond acceptors (Lipinski definition) is 3. The molecule has 2 rings (SSSR count). The van der Waals surface area contributed by atoms with E-state index in [0.29, 0.717) is 5.75 Å². The molecule has 1 heterocycles. The predicted molar refractivity (Wildman–Crippen MR) is 52.0 cm³/mol. The standard InChI is InChI=1S/C10H10N2O2/c1-7(13)14-8-3-4-10-9(5-8)11-6-12(10)2/h3-6H,1-2H3. The van der Waals surface area contributed by atoms with Crippen LogP contribution in [0.2, 0.25) is 0 Å². The number of imidazole rings is 1. The Morgan fingerprint density at radius 1 is 1.50 bits per heavy atom. The summed E-state index contributed by atoms with van der Waals surface area (Å²) in [6, 6.07) is 5.38. The first-order chi connectivity index (χ1) is 6.66. The van der Waals surface area contributed by atoms with E-state index >= 15 is 0 Å². The van der Waals surface area contributed by atoms with Gasteiger partial charge in [-0.3, -0.25) is 4.79 Å². The Labute approximate surface area is 81.1 Å². The van der Waals surface area contributed by atoms with Crippen LogP contribution in [0.5, 0.6) is 5.75 Å². The van der Waals surface area contributed by atoms with E-state index in [0.717, 1.165) is 11.0 Å². The fraction of sp³-hybridized carbons (Fsp3) is 0.200. The molecule has 4 nitrogen and oxygen atoms in total. The largest absolute Gasteiger partial charge is 0.427 e. The molecule has 0 N–H and O–H groups in total. The van der Waals surface area contributed by atoms with Crippen molar-refractivity contribution in [1.82, 2.24) is 9.55 Å². The minimum atomic E-state index is -0.319. The summed E-state index contributed by atoms with van der Waals surface area (Å²) in [4.78, 5) is 14.9. The van der Waals surface area contributed by atoms with Gasteiger partial charge in [-0.2, -0.15) is 0 Å². The molecule has 0 radical (unpaired) electrons. The van der Waals surface area contributed by atoms with Gasteiger partial charge in [0.05, 0.1) is 17.4 Å². The van der Waals surface area contributed by atoms with E-state index in [4.69, 9.17) is 4.74 Å². The van der Waals surface area contributed by atoms with Crippen molar-refractivity contribution >= 4 is 17.0 Å². The number of esters is 1. The fourth-order valence-electron chi connectivity index (χ4n) is 1.35. The van der Waals surface area contributed by atoms with Crippen LogP contribution in [0.15, 0.2) is 24.5 Å². The van der Waals surface area contributed by atoms with Gasteiger partial charge in [0.15, 0.2) is 0 Å². The molecule has 0 aliphatic heterocycles. The molecule has 0 unspecified atom stereocenters. The Morgan fingerprint density at radius 2 is 2.29 bits per heavy atom. The normalized spacial score (nSPS) is 10.4. The van der Waals surface area contributed by atoms with Crippen molar-refractivity contribution < 1.29 is 9.53 Å². The van der Waals surface area contributed by atoms with Crippen LogP contribution in [0.25, 0.3) is 11.0 Å². The predicted octanol–water partition coefficient (Wildman–Crippen LogP) is 1.50. The zero-order valence-corrected chi connectivity index (χ0v) is 8.02. The van der Waals surface area contributed by atoms with Gasteiger partial charge in [-0.1, -0.05) is 0 Å². The van der Waals surface area contributed by atoms with Crippen molar-refractivity contribution in [1.29, 1.82) is 0 Å². The maximum atomic E-state index is 10.7. The molecule has 0 amide bonds. The topological polar surface area (TPSA) is 44.1 Å². The van der Waals surface area contributed by atoms with Crippen LogP contribution in [-0.2, 0) is 11.8 Å². The first-order valence-electron chi connectivity index (χ1n) is 4.26. The SMILES string of the molecule is CC(=O)Oc1ccc2c(c1)ncn2C. The molecule has 0 saturated carbocycles. The van der Waals surface area contributed by atoms with Gasteiger partial charge in [-0.25, -0.2) is 4.98 Å². The Balaban J connectivity index is 2.46. The molecule has 72 valence electrons. The van der Waals surface area contributed by atoms with E-state index in [9.17, 15) is 4.79 Å². The van der Waals surface area contributed by atoms with Gasteiger partial charge in [0.2, 0.25) is 0 Å². The van der Waals surface area contributed by atoms with Crippen LogP contribution < -0.4 is 4.74 Å². The molecule has 14 heavy (non-hydrogen) atoms. The first-order valence-corrected chi connectivity index (χ1v) is 4.26. The Kier molecular flexibility index (Phi) is 1.96. The lowest BCUT2D eigenvalue weighted by molar-refractivity contribution is -0.131. The molecule has 0 atom stereocenters. The summed E-state index contributed by atoms with van der Waals surface area (Å²) < 4.78 is 6.85. The quantitative estimate of drug-likeness (QED) is 0.505. The lowest BCUT2D eigenvalue weighted by atomic mass is 10.3. The second kappa shape index (κ2) is 3.14. The first kappa shape index (κ1) is 8.74. The number of aryl methyl sites for hydroxylation is 1. The third kappa shape index (κ3) is 1.46. The van der Waals surface area contributed by atoms with Crippen molar-refractivity contribution in [3.63, 3.8) is 0 Å². The summed E-state index contributed by atoms with van der Waals surface area (Å²) in [7, 11) is 1.92. The molecular formula is C10H10N2O2. The average molecular weight is 190 g/mol. The minimum Gasteiger partial charge on any atom is -0.427 e. The highest BCUT2D eigenvalue weighted by atomic mass is 16.5. The summed E-state index contributed by atoms with van der Waals surface area (Å²) in [5.41, 5.74) is 1.84. The lowest BCUT2D eigenvalue weighted by Crippen LogP contribution is -2.00. The van der Waals surface area contributed by atoms with Crippen LogP contribution in [0.4, 0.5) is 0 Å². The third-order valence-electron chi connectivity index (χ3n) is 1.96. The zero-order chi connectivity index (χ0) is 10.1. The highest BCUT2D eigenvalue weighted by Gasteiger charge is 2.02. The Morgan fingerprint density at radius 3 is 3.00 bits per heavy atom. The molecule has 4 heteroatoms. The number of hydrogen-bond donors (Lipinski definition) is 0. The lowest BCUT2D eigenvalue weighted by Gasteiger charge is -2.00. The minimum absolute atomic E-state index is 0.319. The van der Waals surface area contributed by atoms with Crippen molar-refractivity contribution in [3.05, 3.63) is 24.5 Å². The molecule has 0 aliphatic carbocycles. The number of nitrogens with zero attached hydrogens (tertiary/aromatic N) is 2. The molecule has 1 aromatic heterocycles. The number of carbonyl (C=O) groups excluding carboxylic acids is 1. The third-order valence-corrected chi connectivity index (χ3v) is 1.96. The van der Waals surface area contributed by atoms with E-state index < -0.39 is 0 Å². The van der Waals surface area contributed by atoms with E-state index in [1.165, 1.54) is 6.92 Å². The number of aromatic nitrogens is 2. The monoisotopic (exact) mass is 190 g/mol. The van der Waals surface area contributed by atoms with Crippen molar-refractivity contribution in [2.45, 2.75) is 6.92 Å². The molecule has 1 aromatic carbocycles. The number of ether oxygens (including phenoxy) is 1. The van der Waals surface area contributed by atoms with Crippen molar-refractivity contribution in [2.75, 3.05) is 0 Å². The summed E-state index contributed by atoms with van der Waals surface area (Å²) >= 11 is 0. The van der Waals surface area contributed by atoms with E-state index in [2.05, 4.69) is 4.98 Å². The highest BCUT2D eigenvalue weighted by molar-refractivity contribution is 5.78. The number of benzene rings is 1. The Hall–Kier alpha value is -1.84. The molecule has 0 aliphatic rings. The number of carbonyl (C=O) groups is 1. The summed E-state index contributed by atoms with van der Waals surface area (Å²) in [6.07, 6.45) is 1.72. The number of rotatable bonds is 1. The van der Waals surface area contributed by atoms with Crippen LogP contribution in [0.1, 0.15) is 6.92 Å². The van der Waals surface area contributed by atoms with Crippen LogP contribution >= 0.6 is 0 Å². The van der Waals surface area contributed by atoms with Crippen molar-refractivity contribution in [3.8, 4) is 5.75 Å². The van der Waals surface area contributed by atoms with Gasteiger partial charge in [-0.15, -0.1) is 0 Å². The van der Waals surface area contributed by atoms with E-state index in [-0.39, 0.29) is 5.97 Å². The second-order valence-electron chi connectivity index (χ2n) is 3.10. The second-order valence-corrected chi connectivity index (χ2v) is 3.10. The van der Waals surface area contributed by atoms with Gasteiger partial charge in [0, 0.05) is 20.0 Å². The molecule has 0 spiro atoms. The fourth-order valence-corrected chi connectivity index (χ4v) is 1.35. The molecular weight excluding hydrogens is 180 g/mol. The van der Waals surface area contributed by atoms with Crippen molar-refractivity contribution in [2.24, 2.45) is 7.05 Å². The van der Waals surface area contributed by atoms with Gasteiger partial charge in [0.1, 0.15) is 5.75 Å². The van der Waals surface area contributed by atoms with E-state index in [1.807, 2.05) is 17.7 Å².